The SMILES string of the molecule is CN1c2ccc(C#CCc3ccccc3)cc2C(=O)/C(=C/c2cccc(F)c2)[S+]1[O-]. The van der Waals surface area contributed by atoms with E-state index in [9.17, 15) is 13.7 Å². The van der Waals surface area contributed by atoms with Crippen LogP contribution >= 0.6 is 0 Å². The second-order valence-corrected chi connectivity index (χ2v) is 8.32. The molecule has 0 saturated heterocycles. The van der Waals surface area contributed by atoms with Crippen LogP contribution in [0.1, 0.15) is 27.0 Å². The number of allylic oxidation sites excluding steroid dienone is 1. The number of carbonyl (C=O) groups is 1. The first kappa shape index (κ1) is 20.0. The number of hydrogen-bond donors (Lipinski definition) is 0. The lowest BCUT2D eigenvalue weighted by Gasteiger charge is -2.29. The van der Waals surface area contributed by atoms with Crippen LogP contribution in [-0.4, -0.2) is 17.4 Å². The van der Waals surface area contributed by atoms with Gasteiger partial charge in [0.05, 0.1) is 18.3 Å². The highest BCUT2D eigenvalue weighted by Gasteiger charge is 2.38. The minimum Gasteiger partial charge on any atom is -0.588 e. The van der Waals surface area contributed by atoms with Crippen LogP contribution < -0.4 is 4.31 Å². The number of carbonyl (C=O) groups excluding carboxylic acids is 1. The summed E-state index contributed by atoms with van der Waals surface area (Å²) in [5.74, 6) is 5.47. The normalized spacial score (nSPS) is 16.8. The molecule has 4 rings (SSSR count). The predicted molar refractivity (Wildman–Crippen MR) is 119 cm³/mol. The van der Waals surface area contributed by atoms with Gasteiger partial charge in [0.25, 0.3) is 0 Å². The molecule has 0 aromatic heterocycles. The Morgan fingerprint density at radius 3 is 2.63 bits per heavy atom. The van der Waals surface area contributed by atoms with Gasteiger partial charge in [-0.05, 0) is 41.5 Å². The molecule has 0 amide bonds. The Labute approximate surface area is 178 Å². The third-order valence-electron chi connectivity index (χ3n) is 4.76. The smallest absolute Gasteiger partial charge is 0.245 e. The highest BCUT2D eigenvalue weighted by molar-refractivity contribution is 7.97. The zero-order valence-corrected chi connectivity index (χ0v) is 17.1. The summed E-state index contributed by atoms with van der Waals surface area (Å²) in [6, 6.07) is 21.1. The molecule has 3 nitrogen and oxygen atoms in total. The van der Waals surface area contributed by atoms with Gasteiger partial charge in [0.1, 0.15) is 17.2 Å². The van der Waals surface area contributed by atoms with Gasteiger partial charge in [-0.2, -0.15) is 4.31 Å². The lowest BCUT2D eigenvalue weighted by Crippen LogP contribution is -2.36. The Kier molecular flexibility index (Phi) is 5.71. The molecule has 0 spiro atoms. The van der Waals surface area contributed by atoms with Gasteiger partial charge in [-0.1, -0.05) is 54.3 Å². The van der Waals surface area contributed by atoms with Crippen molar-refractivity contribution < 1.29 is 13.7 Å². The van der Waals surface area contributed by atoms with Crippen LogP contribution in [0.2, 0.25) is 0 Å². The molecule has 0 N–H and O–H groups in total. The molecule has 30 heavy (non-hydrogen) atoms. The fourth-order valence-electron chi connectivity index (χ4n) is 3.23. The van der Waals surface area contributed by atoms with Crippen LogP contribution in [0.3, 0.4) is 0 Å². The van der Waals surface area contributed by atoms with Gasteiger partial charge in [0.15, 0.2) is 0 Å². The number of fused-ring (bicyclic) bond motifs is 1. The van der Waals surface area contributed by atoms with Crippen molar-refractivity contribution in [1.29, 1.82) is 0 Å². The molecule has 0 fully saturated rings. The van der Waals surface area contributed by atoms with Crippen LogP contribution in [-0.2, 0) is 17.8 Å². The molecule has 3 aromatic carbocycles. The molecule has 0 aliphatic carbocycles. The molecule has 1 atom stereocenters. The molecule has 1 unspecified atom stereocenters. The number of hydrogen-bond acceptors (Lipinski definition) is 3. The van der Waals surface area contributed by atoms with E-state index in [4.69, 9.17) is 0 Å². The van der Waals surface area contributed by atoms with Gasteiger partial charge in [-0.3, -0.25) is 4.79 Å². The number of Topliss-reactive ketones (excluding diaryl/α,β-unsaturated/α-hetero) is 1. The average molecular weight is 415 g/mol. The van der Waals surface area contributed by atoms with Gasteiger partial charge in [-0.15, -0.1) is 0 Å². The van der Waals surface area contributed by atoms with Crippen molar-refractivity contribution in [3.05, 3.63) is 106 Å². The van der Waals surface area contributed by atoms with E-state index in [1.165, 1.54) is 18.2 Å². The molecule has 0 radical (unpaired) electrons. The number of ketones is 1. The Morgan fingerprint density at radius 1 is 1.07 bits per heavy atom. The van der Waals surface area contributed by atoms with Crippen LogP contribution in [0.25, 0.3) is 6.08 Å². The maximum absolute atomic E-state index is 13.5. The summed E-state index contributed by atoms with van der Waals surface area (Å²) in [6.07, 6.45) is 2.09. The first-order valence-corrected chi connectivity index (χ1v) is 10.5. The van der Waals surface area contributed by atoms with E-state index < -0.39 is 17.2 Å². The molecule has 148 valence electrons. The summed E-state index contributed by atoms with van der Waals surface area (Å²) in [5, 5.41) is 0. The van der Waals surface area contributed by atoms with Crippen molar-refractivity contribution >= 4 is 28.9 Å². The number of rotatable bonds is 2. The van der Waals surface area contributed by atoms with E-state index >= 15 is 0 Å². The summed E-state index contributed by atoms with van der Waals surface area (Å²) < 4.78 is 27.9. The summed E-state index contributed by atoms with van der Waals surface area (Å²) in [7, 11) is 1.67. The maximum Gasteiger partial charge on any atom is 0.245 e. The summed E-state index contributed by atoms with van der Waals surface area (Å²) >= 11 is -1.67. The third-order valence-corrected chi connectivity index (χ3v) is 6.13. The number of nitrogens with zero attached hydrogens (tertiary/aromatic N) is 1. The minimum absolute atomic E-state index is 0.116. The van der Waals surface area contributed by atoms with E-state index in [0.717, 1.165) is 5.56 Å². The molecule has 0 bridgehead atoms. The van der Waals surface area contributed by atoms with Gasteiger partial charge in [0.2, 0.25) is 10.7 Å². The molecule has 1 aliphatic rings. The summed E-state index contributed by atoms with van der Waals surface area (Å²) in [6.45, 7) is 0. The second-order valence-electron chi connectivity index (χ2n) is 6.84. The van der Waals surface area contributed by atoms with Gasteiger partial charge < -0.3 is 4.55 Å². The maximum atomic E-state index is 13.5. The van der Waals surface area contributed by atoms with Gasteiger partial charge in [-0.25, -0.2) is 4.39 Å². The third kappa shape index (κ3) is 4.16. The molecular weight excluding hydrogens is 397 g/mol. The molecule has 0 saturated carbocycles. The highest BCUT2D eigenvalue weighted by atomic mass is 32.2. The van der Waals surface area contributed by atoms with Gasteiger partial charge in [0, 0.05) is 18.1 Å². The second kappa shape index (κ2) is 8.58. The predicted octanol–water partition coefficient (Wildman–Crippen LogP) is 4.76. The fourth-order valence-corrected chi connectivity index (χ4v) is 4.37. The largest absolute Gasteiger partial charge is 0.588 e. The van der Waals surface area contributed by atoms with Crippen molar-refractivity contribution in [3.8, 4) is 11.8 Å². The first-order valence-electron chi connectivity index (χ1n) is 9.37. The Bertz CT molecular complexity index is 1190. The standard InChI is InChI=1S/C25H18FNO2S/c1-27-23-14-13-19(10-5-9-18-7-3-2-4-8-18)16-22(23)25(28)24(30(27)29)17-20-11-6-12-21(26)15-20/h2-4,6-8,11-17H,9H2,1H3/b24-17-. The zero-order valence-electron chi connectivity index (χ0n) is 16.3. The van der Waals surface area contributed by atoms with Crippen molar-refractivity contribution in [3.63, 3.8) is 0 Å². The van der Waals surface area contributed by atoms with Crippen LogP contribution in [0.5, 0.6) is 0 Å². The highest BCUT2D eigenvalue weighted by Crippen LogP contribution is 2.35. The van der Waals surface area contributed by atoms with E-state index in [1.54, 1.807) is 35.6 Å². The summed E-state index contributed by atoms with van der Waals surface area (Å²) in [5.41, 5.74) is 3.34. The Balaban J connectivity index is 1.66. The molecule has 5 heteroatoms. The van der Waals surface area contributed by atoms with Crippen LogP contribution in [0.4, 0.5) is 10.1 Å². The summed E-state index contributed by atoms with van der Waals surface area (Å²) in [4.78, 5) is 13.2. The average Bonchev–Trinajstić information content (AvgIpc) is 2.76. The van der Waals surface area contributed by atoms with Crippen molar-refractivity contribution in [2.45, 2.75) is 6.42 Å². The zero-order chi connectivity index (χ0) is 21.1. The molecule has 1 heterocycles. The number of benzene rings is 3. The molecule has 3 aromatic rings. The van der Waals surface area contributed by atoms with E-state index in [1.807, 2.05) is 36.4 Å². The Morgan fingerprint density at radius 2 is 1.87 bits per heavy atom. The van der Waals surface area contributed by atoms with Crippen molar-refractivity contribution in [2.75, 3.05) is 11.4 Å². The fraction of sp³-hybridized carbons (Fsp3) is 0.0800. The van der Waals surface area contributed by atoms with Crippen LogP contribution in [0, 0.1) is 17.7 Å². The van der Waals surface area contributed by atoms with Crippen molar-refractivity contribution in [1.82, 2.24) is 0 Å². The number of halogens is 1. The monoisotopic (exact) mass is 415 g/mol. The van der Waals surface area contributed by atoms with Gasteiger partial charge >= 0.3 is 0 Å². The molecular formula is C25H18FNO2S. The van der Waals surface area contributed by atoms with E-state index in [2.05, 4.69) is 11.8 Å². The first-order chi connectivity index (χ1) is 14.5. The lowest BCUT2D eigenvalue weighted by molar-refractivity contribution is 0.104. The Hall–Kier alpha value is -3.33. The minimum atomic E-state index is -1.67. The molecule has 1 aliphatic heterocycles. The number of anilines is 1. The topological polar surface area (TPSA) is 43.4 Å². The van der Waals surface area contributed by atoms with E-state index in [-0.39, 0.29) is 10.7 Å². The van der Waals surface area contributed by atoms with Crippen LogP contribution in [0.15, 0.2) is 77.7 Å². The lowest BCUT2D eigenvalue weighted by atomic mass is 10.0. The van der Waals surface area contributed by atoms with E-state index in [0.29, 0.717) is 28.8 Å². The quantitative estimate of drug-likeness (QED) is 0.344. The van der Waals surface area contributed by atoms with Crippen molar-refractivity contribution in [2.24, 2.45) is 0 Å².